The van der Waals surface area contributed by atoms with Crippen molar-refractivity contribution in [2.45, 2.75) is 51.9 Å². The third kappa shape index (κ3) is 6.18. The largest absolute Gasteiger partial charge is 0.496 e. The molecule has 2 heterocycles. The predicted octanol–water partition coefficient (Wildman–Crippen LogP) is 0.548. The van der Waals surface area contributed by atoms with Crippen LogP contribution in [0.5, 0.6) is 5.75 Å². The minimum Gasteiger partial charge on any atom is -0.496 e. The Labute approximate surface area is 213 Å². The zero-order valence-corrected chi connectivity index (χ0v) is 21.4. The fourth-order valence-electron chi connectivity index (χ4n) is 3.65. The Morgan fingerprint density at radius 2 is 1.72 bits per heavy atom. The molecule has 0 unspecified atom stereocenters. The van der Waals surface area contributed by atoms with Crippen LogP contribution >= 0.6 is 15.9 Å². The van der Waals surface area contributed by atoms with Gasteiger partial charge >= 0.3 is 23.6 Å². The summed E-state index contributed by atoms with van der Waals surface area (Å²) < 4.78 is 29.0. The molecule has 0 bridgehead atoms. The van der Waals surface area contributed by atoms with Gasteiger partial charge in [-0.15, -0.1) is 0 Å². The van der Waals surface area contributed by atoms with E-state index < -0.39 is 53.7 Å². The minimum absolute atomic E-state index is 0.113. The van der Waals surface area contributed by atoms with Crippen molar-refractivity contribution in [1.82, 2.24) is 14.3 Å². The number of hydrogen-bond donors (Lipinski definition) is 0. The van der Waals surface area contributed by atoms with Crippen molar-refractivity contribution in [3.63, 3.8) is 0 Å². The summed E-state index contributed by atoms with van der Waals surface area (Å²) in [6.07, 6.45) is -4.10. The number of carbonyl (C=O) groups excluding carboxylic acids is 3. The standard InChI is InChI=1S/C22H24BrN3O10/c1-11(27)33-10-17-19(34-12(2)28)20(35-13(3)29)21(36-17)26-22(31)25(18(30)8-24-26)9-14-5-6-16(32-4)15(23)7-14/h5-8,17,19-21H,9-10H2,1-4H3/t17-,19-,20-,21+/m1/s1. The van der Waals surface area contributed by atoms with Crippen LogP contribution < -0.4 is 16.0 Å². The SMILES string of the molecule is COc1ccc(Cn2c(=O)cnn([C@H]3O[C@H](COC(C)=O)[C@@H](OC(C)=O)[C@H]3OC(C)=O)c2=O)cc1Br. The second kappa shape index (κ2) is 11.5. The van der Waals surface area contributed by atoms with Gasteiger partial charge < -0.3 is 23.7 Å². The molecule has 1 aromatic carbocycles. The molecule has 194 valence electrons. The number of aromatic nitrogens is 3. The average Bonchev–Trinajstić information content (AvgIpc) is 3.11. The fraction of sp³-hybridized carbons (Fsp3) is 0.455. The van der Waals surface area contributed by atoms with E-state index in [1.54, 1.807) is 18.2 Å². The molecule has 36 heavy (non-hydrogen) atoms. The summed E-state index contributed by atoms with van der Waals surface area (Å²) in [5, 5.41) is 3.88. The summed E-state index contributed by atoms with van der Waals surface area (Å²) in [7, 11) is 1.50. The number of carbonyl (C=O) groups is 3. The van der Waals surface area contributed by atoms with Gasteiger partial charge in [-0.25, -0.2) is 4.79 Å². The topological polar surface area (TPSA) is 154 Å². The van der Waals surface area contributed by atoms with Crippen LogP contribution in [0.3, 0.4) is 0 Å². The van der Waals surface area contributed by atoms with Gasteiger partial charge in [0.25, 0.3) is 5.56 Å². The molecule has 1 aliphatic rings. The number of hydrogen-bond acceptors (Lipinski definition) is 11. The summed E-state index contributed by atoms with van der Waals surface area (Å²) in [5.74, 6) is -1.52. The first-order valence-electron chi connectivity index (χ1n) is 10.7. The van der Waals surface area contributed by atoms with Gasteiger partial charge in [0.1, 0.15) is 24.7 Å². The van der Waals surface area contributed by atoms with E-state index in [9.17, 15) is 24.0 Å². The van der Waals surface area contributed by atoms with Gasteiger partial charge in [0.05, 0.1) is 18.1 Å². The second-order valence-electron chi connectivity index (χ2n) is 7.78. The van der Waals surface area contributed by atoms with Crippen molar-refractivity contribution in [1.29, 1.82) is 0 Å². The summed E-state index contributed by atoms with van der Waals surface area (Å²) in [6.45, 7) is 2.97. The van der Waals surface area contributed by atoms with Gasteiger partial charge in [0.2, 0.25) is 0 Å². The molecule has 0 N–H and O–H groups in total. The first kappa shape index (κ1) is 27.1. The van der Waals surface area contributed by atoms with Crippen molar-refractivity contribution in [3.8, 4) is 5.75 Å². The van der Waals surface area contributed by atoms with Crippen LogP contribution in [0.1, 0.15) is 32.6 Å². The molecule has 2 aromatic rings. The van der Waals surface area contributed by atoms with E-state index in [2.05, 4.69) is 21.0 Å². The highest BCUT2D eigenvalue weighted by Gasteiger charge is 2.51. The van der Waals surface area contributed by atoms with Crippen LogP contribution in [0, 0.1) is 0 Å². The summed E-state index contributed by atoms with van der Waals surface area (Å²) >= 11 is 3.36. The van der Waals surface area contributed by atoms with Crippen molar-refractivity contribution in [2.24, 2.45) is 0 Å². The molecule has 1 saturated heterocycles. The first-order chi connectivity index (χ1) is 17.0. The molecule has 0 radical (unpaired) electrons. The van der Waals surface area contributed by atoms with E-state index >= 15 is 0 Å². The van der Waals surface area contributed by atoms with E-state index in [-0.39, 0.29) is 13.2 Å². The van der Waals surface area contributed by atoms with Gasteiger partial charge in [0.15, 0.2) is 18.4 Å². The number of esters is 3. The van der Waals surface area contributed by atoms with Crippen LogP contribution in [0.15, 0.2) is 38.5 Å². The molecule has 14 heteroatoms. The lowest BCUT2D eigenvalue weighted by molar-refractivity contribution is -0.166. The lowest BCUT2D eigenvalue weighted by Crippen LogP contribution is -2.46. The Morgan fingerprint density at radius 1 is 1.06 bits per heavy atom. The Balaban J connectivity index is 2.02. The Hall–Kier alpha value is -3.52. The van der Waals surface area contributed by atoms with Crippen molar-refractivity contribution < 1.29 is 38.1 Å². The van der Waals surface area contributed by atoms with E-state index in [4.69, 9.17) is 23.7 Å². The Kier molecular flexibility index (Phi) is 8.63. The van der Waals surface area contributed by atoms with Crippen molar-refractivity contribution in [3.05, 3.63) is 55.3 Å². The molecule has 1 fully saturated rings. The molecule has 1 aliphatic heterocycles. The van der Waals surface area contributed by atoms with Gasteiger partial charge in [-0.05, 0) is 33.6 Å². The fourth-order valence-corrected chi connectivity index (χ4v) is 4.24. The average molecular weight is 570 g/mol. The molecule has 4 atom stereocenters. The smallest absolute Gasteiger partial charge is 0.350 e. The third-order valence-electron chi connectivity index (χ3n) is 5.12. The molecular formula is C22H24BrN3O10. The van der Waals surface area contributed by atoms with E-state index in [0.29, 0.717) is 15.8 Å². The summed E-state index contributed by atoms with van der Waals surface area (Å²) in [6, 6.07) is 5.04. The van der Waals surface area contributed by atoms with Crippen LogP contribution in [0.4, 0.5) is 0 Å². The van der Waals surface area contributed by atoms with Gasteiger partial charge in [-0.3, -0.25) is 23.7 Å². The lowest BCUT2D eigenvalue weighted by Gasteiger charge is -2.23. The highest BCUT2D eigenvalue weighted by molar-refractivity contribution is 9.10. The highest BCUT2D eigenvalue weighted by atomic mass is 79.9. The van der Waals surface area contributed by atoms with E-state index in [1.807, 2.05) is 0 Å². The monoisotopic (exact) mass is 569 g/mol. The third-order valence-corrected chi connectivity index (χ3v) is 5.74. The molecule has 0 spiro atoms. The maximum Gasteiger partial charge on any atom is 0.350 e. The quantitative estimate of drug-likeness (QED) is 0.323. The minimum atomic E-state index is -1.39. The van der Waals surface area contributed by atoms with Crippen LogP contribution in [0.25, 0.3) is 0 Å². The molecule has 0 amide bonds. The van der Waals surface area contributed by atoms with Gasteiger partial charge in [-0.2, -0.15) is 9.78 Å². The molecule has 3 rings (SSSR count). The Morgan fingerprint density at radius 3 is 2.31 bits per heavy atom. The number of halogens is 1. The van der Waals surface area contributed by atoms with Crippen LogP contribution in [-0.4, -0.2) is 64.3 Å². The van der Waals surface area contributed by atoms with Crippen LogP contribution in [0.2, 0.25) is 0 Å². The summed E-state index contributed by atoms with van der Waals surface area (Å²) in [4.78, 5) is 60.8. The number of rotatable bonds is 8. The predicted molar refractivity (Wildman–Crippen MR) is 124 cm³/mol. The van der Waals surface area contributed by atoms with E-state index in [1.165, 1.54) is 14.0 Å². The first-order valence-corrected chi connectivity index (χ1v) is 11.5. The lowest BCUT2D eigenvalue weighted by atomic mass is 10.1. The second-order valence-corrected chi connectivity index (χ2v) is 8.64. The van der Waals surface area contributed by atoms with E-state index in [0.717, 1.165) is 29.3 Å². The summed E-state index contributed by atoms with van der Waals surface area (Å²) in [5.41, 5.74) is -0.946. The number of methoxy groups -OCH3 is 1. The Bertz CT molecular complexity index is 1270. The maximum atomic E-state index is 13.3. The van der Waals surface area contributed by atoms with Crippen LogP contribution in [-0.2, 0) is 39.9 Å². The number of benzene rings is 1. The number of ether oxygens (including phenoxy) is 5. The maximum absolute atomic E-state index is 13.3. The van der Waals surface area contributed by atoms with Gasteiger partial charge in [-0.1, -0.05) is 6.07 Å². The molecule has 13 nitrogen and oxygen atoms in total. The molecule has 0 aliphatic carbocycles. The van der Waals surface area contributed by atoms with Gasteiger partial charge in [0, 0.05) is 20.8 Å². The zero-order valence-electron chi connectivity index (χ0n) is 19.8. The number of nitrogens with zero attached hydrogens (tertiary/aromatic N) is 3. The molecule has 0 saturated carbocycles. The molecular weight excluding hydrogens is 546 g/mol. The highest BCUT2D eigenvalue weighted by Crippen LogP contribution is 2.33. The van der Waals surface area contributed by atoms with Crippen molar-refractivity contribution in [2.75, 3.05) is 13.7 Å². The molecule has 1 aromatic heterocycles. The zero-order chi connectivity index (χ0) is 26.6. The van der Waals surface area contributed by atoms with Crippen molar-refractivity contribution >= 4 is 33.8 Å². The normalized spacial score (nSPS) is 21.0.